The van der Waals surface area contributed by atoms with Crippen LogP contribution in [0.25, 0.3) is 5.76 Å². The van der Waals surface area contributed by atoms with Crippen molar-refractivity contribution in [2.75, 3.05) is 6.61 Å². The van der Waals surface area contributed by atoms with Gasteiger partial charge in [0.05, 0.1) is 18.4 Å². The van der Waals surface area contributed by atoms with Gasteiger partial charge in [-0.25, -0.2) is 0 Å². The molecule has 4 rings (SSSR count). The minimum atomic E-state index is -0.814. The molecule has 1 aromatic heterocycles. The second-order valence-corrected chi connectivity index (χ2v) is 7.30. The lowest BCUT2D eigenvalue weighted by atomic mass is 9.99. The molecule has 0 spiro atoms. The first-order chi connectivity index (χ1) is 15.1. The van der Waals surface area contributed by atoms with Crippen LogP contribution >= 0.6 is 0 Å². The third kappa shape index (κ3) is 4.10. The van der Waals surface area contributed by atoms with Crippen molar-refractivity contribution in [3.05, 3.63) is 95.5 Å². The molecule has 3 aromatic rings. The van der Waals surface area contributed by atoms with Gasteiger partial charge in [-0.05, 0) is 48.4 Å². The summed E-state index contributed by atoms with van der Waals surface area (Å²) in [6.45, 7) is 2.83. The number of nitrogens with zero attached hydrogens (tertiary/aromatic N) is 1. The van der Waals surface area contributed by atoms with Crippen molar-refractivity contribution >= 4 is 17.4 Å². The summed E-state index contributed by atoms with van der Waals surface area (Å²) in [5, 5.41) is 11.0. The quantitative estimate of drug-likeness (QED) is 0.343. The van der Waals surface area contributed by atoms with E-state index in [1.807, 2.05) is 37.3 Å². The number of ether oxygens (including phenoxy) is 1. The molecule has 6 heteroatoms. The van der Waals surface area contributed by atoms with E-state index in [0.717, 1.165) is 12.0 Å². The van der Waals surface area contributed by atoms with E-state index in [0.29, 0.717) is 23.7 Å². The van der Waals surface area contributed by atoms with Gasteiger partial charge in [0.25, 0.3) is 11.7 Å². The number of likely N-dealkylation sites (tertiary alicyclic amines) is 1. The lowest BCUT2D eigenvalue weighted by Crippen LogP contribution is -2.29. The summed E-state index contributed by atoms with van der Waals surface area (Å²) in [6, 6.07) is 18.8. The van der Waals surface area contributed by atoms with Crippen molar-refractivity contribution in [2.24, 2.45) is 0 Å². The summed E-state index contributed by atoms with van der Waals surface area (Å²) in [5.41, 5.74) is 1.31. The molecule has 1 aliphatic rings. The Morgan fingerprint density at radius 2 is 1.77 bits per heavy atom. The first-order valence-electron chi connectivity index (χ1n) is 10.2. The van der Waals surface area contributed by atoms with Gasteiger partial charge < -0.3 is 19.2 Å². The number of rotatable bonds is 7. The van der Waals surface area contributed by atoms with E-state index < -0.39 is 17.7 Å². The number of carbonyl (C=O) groups excluding carboxylic acids is 2. The molecule has 0 radical (unpaired) electrons. The zero-order valence-electron chi connectivity index (χ0n) is 17.2. The number of aliphatic hydroxyl groups excluding tert-OH is 1. The van der Waals surface area contributed by atoms with Crippen LogP contribution in [0, 0.1) is 0 Å². The first-order valence-corrected chi connectivity index (χ1v) is 10.2. The molecule has 6 nitrogen and oxygen atoms in total. The maximum absolute atomic E-state index is 13.0. The lowest BCUT2D eigenvalue weighted by Gasteiger charge is -2.23. The van der Waals surface area contributed by atoms with E-state index in [9.17, 15) is 14.7 Å². The predicted molar refractivity (Wildman–Crippen MR) is 115 cm³/mol. The zero-order valence-corrected chi connectivity index (χ0v) is 17.2. The van der Waals surface area contributed by atoms with Gasteiger partial charge in [0.2, 0.25) is 0 Å². The number of benzene rings is 2. The Hall–Kier alpha value is -3.80. The number of amides is 1. The van der Waals surface area contributed by atoms with Crippen molar-refractivity contribution in [3.63, 3.8) is 0 Å². The van der Waals surface area contributed by atoms with E-state index >= 15 is 0 Å². The van der Waals surface area contributed by atoms with Crippen LogP contribution in [0.2, 0.25) is 0 Å². The van der Waals surface area contributed by atoms with Crippen molar-refractivity contribution < 1.29 is 23.8 Å². The lowest BCUT2D eigenvalue weighted by molar-refractivity contribution is -0.140. The van der Waals surface area contributed by atoms with Gasteiger partial charge in [0.15, 0.2) is 0 Å². The molecule has 2 aromatic carbocycles. The summed E-state index contributed by atoms with van der Waals surface area (Å²) < 4.78 is 11.1. The molecule has 1 aliphatic heterocycles. The van der Waals surface area contributed by atoms with Gasteiger partial charge in [-0.1, -0.05) is 37.3 Å². The van der Waals surface area contributed by atoms with E-state index in [1.165, 1.54) is 11.2 Å². The van der Waals surface area contributed by atoms with Crippen LogP contribution in [-0.4, -0.2) is 28.3 Å². The smallest absolute Gasteiger partial charge is 0.296 e. The highest BCUT2D eigenvalue weighted by molar-refractivity contribution is 6.46. The standard InChI is InChI=1S/C25H23NO5/c1-2-14-30-19-12-10-18(11-13-19)23(27)21-22(20-9-6-15-31-20)26(25(29)24(21)28)16-17-7-4-3-5-8-17/h3-13,15,22,27H,2,14,16H2,1H3/b23-21+. The van der Waals surface area contributed by atoms with Crippen LogP contribution in [0.15, 0.2) is 83.0 Å². The summed E-state index contributed by atoms with van der Waals surface area (Å²) in [4.78, 5) is 27.3. The molecule has 1 N–H and O–H groups in total. The van der Waals surface area contributed by atoms with E-state index in [2.05, 4.69) is 0 Å². The Labute approximate surface area is 180 Å². The molecule has 0 aliphatic carbocycles. The van der Waals surface area contributed by atoms with Crippen LogP contribution in [-0.2, 0) is 16.1 Å². The minimum Gasteiger partial charge on any atom is -0.507 e. The normalized spacial score (nSPS) is 17.8. The second-order valence-electron chi connectivity index (χ2n) is 7.30. The number of aliphatic hydroxyl groups is 1. The van der Waals surface area contributed by atoms with Crippen molar-refractivity contribution in [1.82, 2.24) is 4.90 Å². The number of hydrogen-bond donors (Lipinski definition) is 1. The predicted octanol–water partition coefficient (Wildman–Crippen LogP) is 4.69. The average molecular weight is 417 g/mol. The topological polar surface area (TPSA) is 80.0 Å². The first kappa shape index (κ1) is 20.5. The zero-order chi connectivity index (χ0) is 21.8. The van der Waals surface area contributed by atoms with Crippen LogP contribution in [0.3, 0.4) is 0 Å². The molecule has 1 unspecified atom stereocenters. The largest absolute Gasteiger partial charge is 0.507 e. The molecule has 0 bridgehead atoms. The Morgan fingerprint density at radius 1 is 1.03 bits per heavy atom. The van der Waals surface area contributed by atoms with E-state index in [-0.39, 0.29) is 17.9 Å². The number of Topliss-reactive ketones (excluding diaryl/α,β-unsaturated/α-hetero) is 1. The fourth-order valence-electron chi connectivity index (χ4n) is 3.65. The highest BCUT2D eigenvalue weighted by Gasteiger charge is 2.47. The van der Waals surface area contributed by atoms with Crippen LogP contribution in [0.1, 0.15) is 36.3 Å². The van der Waals surface area contributed by atoms with Crippen molar-refractivity contribution in [3.8, 4) is 5.75 Å². The maximum atomic E-state index is 13.0. The Bertz CT molecular complexity index is 1080. The van der Waals surface area contributed by atoms with Gasteiger partial charge in [-0.3, -0.25) is 9.59 Å². The van der Waals surface area contributed by atoms with Crippen LogP contribution in [0.4, 0.5) is 0 Å². The highest BCUT2D eigenvalue weighted by Crippen LogP contribution is 2.40. The number of hydrogen-bond acceptors (Lipinski definition) is 5. The minimum absolute atomic E-state index is 0.0121. The molecule has 1 amide bonds. The molecule has 1 fully saturated rings. The molecule has 2 heterocycles. The molecular weight excluding hydrogens is 394 g/mol. The number of carbonyl (C=O) groups is 2. The van der Waals surface area contributed by atoms with Gasteiger partial charge in [-0.15, -0.1) is 0 Å². The van der Waals surface area contributed by atoms with Gasteiger partial charge in [0.1, 0.15) is 23.3 Å². The summed E-state index contributed by atoms with van der Waals surface area (Å²) in [6.07, 6.45) is 2.37. The van der Waals surface area contributed by atoms with Gasteiger partial charge in [-0.2, -0.15) is 0 Å². The Morgan fingerprint density at radius 3 is 2.42 bits per heavy atom. The average Bonchev–Trinajstić information content (AvgIpc) is 3.41. The summed E-state index contributed by atoms with van der Waals surface area (Å²) in [7, 11) is 0. The Balaban J connectivity index is 1.74. The molecule has 158 valence electrons. The third-order valence-corrected chi connectivity index (χ3v) is 5.15. The third-order valence-electron chi connectivity index (χ3n) is 5.15. The maximum Gasteiger partial charge on any atom is 0.296 e. The van der Waals surface area contributed by atoms with Gasteiger partial charge in [0, 0.05) is 12.1 Å². The fourth-order valence-corrected chi connectivity index (χ4v) is 3.65. The van der Waals surface area contributed by atoms with Crippen LogP contribution < -0.4 is 4.74 Å². The Kier molecular flexibility index (Phi) is 5.89. The van der Waals surface area contributed by atoms with Crippen molar-refractivity contribution in [2.45, 2.75) is 25.9 Å². The summed E-state index contributed by atoms with van der Waals surface area (Å²) in [5.74, 6) is -0.557. The second kappa shape index (κ2) is 8.92. The molecule has 1 saturated heterocycles. The highest BCUT2D eigenvalue weighted by atomic mass is 16.5. The van der Waals surface area contributed by atoms with E-state index in [4.69, 9.17) is 9.15 Å². The molecular formula is C25H23NO5. The SMILES string of the molecule is CCCOc1ccc(/C(O)=C2\C(=O)C(=O)N(Cc3ccccc3)C2c2ccco2)cc1. The molecule has 1 atom stereocenters. The van der Waals surface area contributed by atoms with Gasteiger partial charge >= 0.3 is 0 Å². The summed E-state index contributed by atoms with van der Waals surface area (Å²) >= 11 is 0. The van der Waals surface area contributed by atoms with Crippen molar-refractivity contribution in [1.29, 1.82) is 0 Å². The van der Waals surface area contributed by atoms with Crippen LogP contribution in [0.5, 0.6) is 5.75 Å². The fraction of sp³-hybridized carbons (Fsp3) is 0.200. The molecule has 0 saturated carbocycles. The monoisotopic (exact) mass is 417 g/mol. The molecule has 31 heavy (non-hydrogen) atoms. The number of furan rings is 1. The van der Waals surface area contributed by atoms with E-state index in [1.54, 1.807) is 36.4 Å². The number of ketones is 1.